The van der Waals surface area contributed by atoms with Gasteiger partial charge >= 0.3 is 0 Å². The maximum atomic E-state index is 11.8. The lowest BCUT2D eigenvalue weighted by Gasteiger charge is -2.10. The Morgan fingerprint density at radius 2 is 1.68 bits per heavy atom. The minimum atomic E-state index is 0.0254. The Balaban J connectivity index is 1.57. The van der Waals surface area contributed by atoms with E-state index >= 15 is 0 Å². The topological polar surface area (TPSA) is 47.6 Å². The molecule has 0 aromatic heterocycles. The zero-order valence-corrected chi connectivity index (χ0v) is 15.3. The molecular formula is C21H27NO3. The van der Waals surface area contributed by atoms with Gasteiger partial charge in [0.15, 0.2) is 0 Å². The molecule has 0 bridgehead atoms. The van der Waals surface area contributed by atoms with Crippen LogP contribution in [0.5, 0.6) is 11.5 Å². The maximum Gasteiger partial charge on any atom is 0.220 e. The summed E-state index contributed by atoms with van der Waals surface area (Å²) in [6.07, 6.45) is 1.15. The molecule has 0 saturated carbocycles. The minimum Gasteiger partial charge on any atom is -0.493 e. The van der Waals surface area contributed by atoms with Gasteiger partial charge in [0, 0.05) is 6.42 Å². The van der Waals surface area contributed by atoms with E-state index in [1.807, 2.05) is 57.2 Å². The number of amides is 1. The number of rotatable bonds is 9. The lowest BCUT2D eigenvalue weighted by molar-refractivity contribution is -0.121. The number of nitrogens with one attached hydrogen (secondary N) is 1. The second-order valence-corrected chi connectivity index (χ2v) is 6.24. The molecule has 2 aromatic carbocycles. The van der Waals surface area contributed by atoms with Gasteiger partial charge in [0.25, 0.3) is 0 Å². The first-order chi connectivity index (χ1) is 12.0. The fourth-order valence-electron chi connectivity index (χ4n) is 2.60. The Morgan fingerprint density at radius 3 is 2.40 bits per heavy atom. The fourth-order valence-corrected chi connectivity index (χ4v) is 2.60. The number of aryl methyl sites for hydroxylation is 3. The lowest BCUT2D eigenvalue weighted by atomic mass is 10.1. The fraction of sp³-hybridized carbons (Fsp3) is 0.381. The van der Waals surface area contributed by atoms with Crippen molar-refractivity contribution in [1.82, 2.24) is 5.32 Å². The molecule has 134 valence electrons. The molecule has 4 nitrogen and oxygen atoms in total. The molecule has 0 fully saturated rings. The smallest absolute Gasteiger partial charge is 0.220 e. The van der Waals surface area contributed by atoms with E-state index in [1.165, 1.54) is 11.1 Å². The van der Waals surface area contributed by atoms with Crippen LogP contribution in [-0.2, 0) is 4.79 Å². The summed E-state index contributed by atoms with van der Waals surface area (Å²) in [5.74, 6) is 1.75. The largest absolute Gasteiger partial charge is 0.493 e. The molecule has 0 aliphatic heterocycles. The quantitative estimate of drug-likeness (QED) is 0.702. The summed E-state index contributed by atoms with van der Waals surface area (Å²) in [5.41, 5.74) is 3.45. The van der Waals surface area contributed by atoms with Gasteiger partial charge in [-0.25, -0.2) is 0 Å². The van der Waals surface area contributed by atoms with Gasteiger partial charge in [-0.05, 0) is 62.1 Å². The molecule has 0 radical (unpaired) electrons. The Bertz CT molecular complexity index is 677. The monoisotopic (exact) mass is 341 g/mol. The highest BCUT2D eigenvalue weighted by Gasteiger charge is 2.03. The van der Waals surface area contributed by atoms with Gasteiger partial charge in [-0.2, -0.15) is 0 Å². The molecule has 1 N–H and O–H groups in total. The molecule has 4 heteroatoms. The number of hydrogen-bond donors (Lipinski definition) is 1. The second kappa shape index (κ2) is 9.72. The Morgan fingerprint density at radius 1 is 0.960 bits per heavy atom. The summed E-state index contributed by atoms with van der Waals surface area (Å²) in [5, 5.41) is 2.87. The maximum absolute atomic E-state index is 11.8. The zero-order valence-electron chi connectivity index (χ0n) is 15.3. The molecule has 0 aliphatic rings. The van der Waals surface area contributed by atoms with E-state index in [0.717, 1.165) is 17.1 Å². The van der Waals surface area contributed by atoms with E-state index in [4.69, 9.17) is 9.47 Å². The average Bonchev–Trinajstić information content (AvgIpc) is 2.56. The van der Waals surface area contributed by atoms with Gasteiger partial charge in [-0.1, -0.05) is 24.3 Å². The van der Waals surface area contributed by atoms with E-state index < -0.39 is 0 Å². The standard InChI is InChI=1S/C21H27NO3/c1-16-13-17(2)15-19(14-16)24-12-10-22-21(23)9-6-11-25-20-8-5-4-7-18(20)3/h4-5,7-8,13-15H,6,9-12H2,1-3H3,(H,22,23). The summed E-state index contributed by atoms with van der Waals surface area (Å²) >= 11 is 0. The van der Waals surface area contributed by atoms with E-state index in [9.17, 15) is 4.79 Å². The molecule has 25 heavy (non-hydrogen) atoms. The molecule has 0 atom stereocenters. The number of ether oxygens (including phenoxy) is 2. The molecular weight excluding hydrogens is 314 g/mol. The zero-order chi connectivity index (χ0) is 18.1. The first-order valence-electron chi connectivity index (χ1n) is 8.71. The van der Waals surface area contributed by atoms with Crippen LogP contribution >= 0.6 is 0 Å². The van der Waals surface area contributed by atoms with Crippen molar-refractivity contribution in [2.75, 3.05) is 19.8 Å². The van der Waals surface area contributed by atoms with Crippen molar-refractivity contribution in [2.45, 2.75) is 33.6 Å². The van der Waals surface area contributed by atoms with Gasteiger partial charge in [0.1, 0.15) is 18.1 Å². The molecule has 0 saturated heterocycles. The Kier molecular flexibility index (Phi) is 7.33. The van der Waals surface area contributed by atoms with Gasteiger partial charge in [0.05, 0.1) is 13.2 Å². The minimum absolute atomic E-state index is 0.0254. The number of carbonyl (C=O) groups excluding carboxylic acids is 1. The van der Waals surface area contributed by atoms with Crippen molar-refractivity contribution in [2.24, 2.45) is 0 Å². The average molecular weight is 341 g/mol. The SMILES string of the molecule is Cc1cc(C)cc(OCCNC(=O)CCCOc2ccccc2C)c1. The van der Waals surface area contributed by atoms with E-state index in [1.54, 1.807) is 0 Å². The molecule has 2 rings (SSSR count). The van der Waals surface area contributed by atoms with E-state index in [-0.39, 0.29) is 5.91 Å². The van der Waals surface area contributed by atoms with Gasteiger partial charge < -0.3 is 14.8 Å². The van der Waals surface area contributed by atoms with Crippen LogP contribution in [-0.4, -0.2) is 25.7 Å². The summed E-state index contributed by atoms with van der Waals surface area (Å²) in [7, 11) is 0. The van der Waals surface area contributed by atoms with Crippen LogP contribution in [0.4, 0.5) is 0 Å². The highest BCUT2D eigenvalue weighted by Crippen LogP contribution is 2.17. The van der Waals surface area contributed by atoms with Gasteiger partial charge in [0.2, 0.25) is 5.91 Å². The summed E-state index contributed by atoms with van der Waals surface area (Å²) in [4.78, 5) is 11.8. The van der Waals surface area contributed by atoms with E-state index in [0.29, 0.717) is 32.6 Å². The second-order valence-electron chi connectivity index (χ2n) is 6.24. The highest BCUT2D eigenvalue weighted by molar-refractivity contribution is 5.75. The van der Waals surface area contributed by atoms with Crippen LogP contribution in [0, 0.1) is 20.8 Å². The Labute approximate surface area is 150 Å². The summed E-state index contributed by atoms with van der Waals surface area (Å²) in [6.45, 7) is 7.61. The van der Waals surface area contributed by atoms with Crippen molar-refractivity contribution in [3.8, 4) is 11.5 Å². The van der Waals surface area contributed by atoms with Crippen LogP contribution in [0.15, 0.2) is 42.5 Å². The third-order valence-electron chi connectivity index (χ3n) is 3.79. The summed E-state index contributed by atoms with van der Waals surface area (Å²) in [6, 6.07) is 14.0. The van der Waals surface area contributed by atoms with Crippen LogP contribution < -0.4 is 14.8 Å². The number of carbonyl (C=O) groups is 1. The first kappa shape index (κ1) is 18.8. The molecule has 1 amide bonds. The van der Waals surface area contributed by atoms with E-state index in [2.05, 4.69) is 11.4 Å². The molecule has 2 aromatic rings. The van der Waals surface area contributed by atoms with Crippen molar-refractivity contribution in [1.29, 1.82) is 0 Å². The molecule has 0 heterocycles. The van der Waals surface area contributed by atoms with Crippen LogP contribution in [0.3, 0.4) is 0 Å². The Hall–Kier alpha value is -2.49. The lowest BCUT2D eigenvalue weighted by Crippen LogP contribution is -2.28. The first-order valence-corrected chi connectivity index (χ1v) is 8.71. The summed E-state index contributed by atoms with van der Waals surface area (Å²) < 4.78 is 11.4. The van der Waals surface area contributed by atoms with Crippen molar-refractivity contribution < 1.29 is 14.3 Å². The molecule has 0 unspecified atom stereocenters. The third-order valence-corrected chi connectivity index (χ3v) is 3.79. The predicted molar refractivity (Wildman–Crippen MR) is 100 cm³/mol. The van der Waals surface area contributed by atoms with Crippen molar-refractivity contribution in [3.63, 3.8) is 0 Å². The highest BCUT2D eigenvalue weighted by atomic mass is 16.5. The van der Waals surface area contributed by atoms with Crippen LogP contribution in [0.1, 0.15) is 29.5 Å². The number of para-hydroxylation sites is 1. The van der Waals surface area contributed by atoms with Gasteiger partial charge in [-0.3, -0.25) is 4.79 Å². The van der Waals surface area contributed by atoms with Crippen LogP contribution in [0.25, 0.3) is 0 Å². The van der Waals surface area contributed by atoms with Crippen molar-refractivity contribution >= 4 is 5.91 Å². The van der Waals surface area contributed by atoms with Gasteiger partial charge in [-0.15, -0.1) is 0 Å². The predicted octanol–water partition coefficient (Wildman–Crippen LogP) is 3.97. The van der Waals surface area contributed by atoms with Crippen LogP contribution in [0.2, 0.25) is 0 Å². The third kappa shape index (κ3) is 6.87. The molecule has 0 aliphatic carbocycles. The molecule has 0 spiro atoms. The normalized spacial score (nSPS) is 10.4. The number of hydrogen-bond acceptors (Lipinski definition) is 3. The number of benzene rings is 2. The van der Waals surface area contributed by atoms with Crippen molar-refractivity contribution in [3.05, 3.63) is 59.2 Å².